The predicted molar refractivity (Wildman–Crippen MR) is 409 cm³/mol. The summed E-state index contributed by atoms with van der Waals surface area (Å²) in [5, 5.41) is 10.6. The third kappa shape index (κ3) is 73.8. The van der Waals surface area contributed by atoms with Crippen LogP contribution in [0.4, 0.5) is 0 Å². The van der Waals surface area contributed by atoms with Crippen molar-refractivity contribution >= 4 is 39.5 Å². The van der Waals surface area contributed by atoms with Crippen LogP contribution in [-0.2, 0) is 65.4 Å². The number of allylic oxidation sites excluding steroid dienone is 4. The number of phosphoric ester groups is 2. The van der Waals surface area contributed by atoms with Crippen LogP contribution < -0.4 is 0 Å². The van der Waals surface area contributed by atoms with Crippen LogP contribution >= 0.6 is 15.6 Å². The number of ether oxygens (including phenoxy) is 4. The van der Waals surface area contributed by atoms with Crippen LogP contribution in [0.25, 0.3) is 0 Å². The molecule has 0 rings (SSSR count). The largest absolute Gasteiger partial charge is 0.472 e. The monoisotopic (exact) mass is 1460 g/mol. The Kier molecular flexibility index (Phi) is 73.0. The summed E-state index contributed by atoms with van der Waals surface area (Å²) < 4.78 is 68.7. The van der Waals surface area contributed by atoms with E-state index in [1.807, 2.05) is 0 Å². The minimum atomic E-state index is -4.97. The van der Waals surface area contributed by atoms with Crippen LogP contribution in [0.5, 0.6) is 0 Å². The Morgan fingerprint density at radius 1 is 0.270 bits per heavy atom. The fourth-order valence-corrected chi connectivity index (χ4v) is 13.6. The van der Waals surface area contributed by atoms with E-state index in [0.29, 0.717) is 25.7 Å². The zero-order valence-corrected chi connectivity index (χ0v) is 66.5. The van der Waals surface area contributed by atoms with Crippen LogP contribution in [0, 0.1) is 0 Å². The van der Waals surface area contributed by atoms with Crippen molar-refractivity contribution in [3.05, 3.63) is 24.3 Å². The molecule has 17 nitrogen and oxygen atoms in total. The third-order valence-electron chi connectivity index (χ3n) is 18.4. The lowest BCUT2D eigenvalue weighted by Gasteiger charge is -2.21. The van der Waals surface area contributed by atoms with Gasteiger partial charge in [-0.05, 0) is 77.0 Å². The van der Waals surface area contributed by atoms with Crippen molar-refractivity contribution in [2.24, 2.45) is 0 Å². The smallest absolute Gasteiger partial charge is 0.462 e. The van der Waals surface area contributed by atoms with E-state index in [-0.39, 0.29) is 25.7 Å². The van der Waals surface area contributed by atoms with Gasteiger partial charge in [0.05, 0.1) is 26.4 Å². The number of carbonyl (C=O) groups is 4. The fraction of sp³-hybridized carbons (Fsp3) is 0.901. The molecule has 0 radical (unpaired) electrons. The molecule has 0 saturated heterocycles. The number of hydrogen-bond acceptors (Lipinski definition) is 15. The molecule has 0 amide bonds. The van der Waals surface area contributed by atoms with Gasteiger partial charge in [0.2, 0.25) is 0 Å². The summed E-state index contributed by atoms with van der Waals surface area (Å²) in [4.78, 5) is 73.0. The van der Waals surface area contributed by atoms with Gasteiger partial charge < -0.3 is 33.8 Å². The number of unbranched alkanes of at least 4 members (excludes halogenated alkanes) is 50. The highest BCUT2D eigenvalue weighted by atomic mass is 31.2. The van der Waals surface area contributed by atoms with Crippen LogP contribution in [0.15, 0.2) is 24.3 Å². The van der Waals surface area contributed by atoms with Crippen molar-refractivity contribution < 1.29 is 80.2 Å². The molecule has 0 fully saturated rings. The van der Waals surface area contributed by atoms with Crippen molar-refractivity contribution in [1.82, 2.24) is 0 Å². The normalized spacial score (nSPS) is 13.9. The molecule has 0 aliphatic heterocycles. The minimum absolute atomic E-state index is 0.0941. The molecule has 0 saturated carbocycles. The minimum Gasteiger partial charge on any atom is -0.462 e. The summed E-state index contributed by atoms with van der Waals surface area (Å²) in [6.07, 6.45) is 70.0. The van der Waals surface area contributed by atoms with Crippen LogP contribution in [0.2, 0.25) is 0 Å². The molecule has 0 bridgehead atoms. The number of rotatable bonds is 80. The summed E-state index contributed by atoms with van der Waals surface area (Å²) in [6.45, 7) is 4.97. The highest BCUT2D eigenvalue weighted by molar-refractivity contribution is 7.47. The molecule has 19 heteroatoms. The van der Waals surface area contributed by atoms with E-state index < -0.39 is 97.5 Å². The van der Waals surface area contributed by atoms with Gasteiger partial charge in [-0.25, -0.2) is 9.13 Å². The van der Waals surface area contributed by atoms with Crippen molar-refractivity contribution in [3.8, 4) is 0 Å². The lowest BCUT2D eigenvalue weighted by molar-refractivity contribution is -0.161. The molecule has 0 aromatic carbocycles. The van der Waals surface area contributed by atoms with Gasteiger partial charge in [-0.2, -0.15) is 0 Å². The van der Waals surface area contributed by atoms with Gasteiger partial charge in [0.25, 0.3) is 0 Å². The Bertz CT molecular complexity index is 1990. The Labute approximate surface area is 612 Å². The molecule has 0 heterocycles. The lowest BCUT2D eigenvalue weighted by atomic mass is 10.0. The first-order valence-electron chi connectivity index (χ1n) is 41.6. The van der Waals surface area contributed by atoms with Crippen LogP contribution in [0.3, 0.4) is 0 Å². The topological polar surface area (TPSA) is 237 Å². The summed E-state index contributed by atoms with van der Waals surface area (Å²) in [7, 11) is -9.93. The second kappa shape index (κ2) is 74.8. The van der Waals surface area contributed by atoms with Gasteiger partial charge in [-0.3, -0.25) is 37.3 Å². The quantitative estimate of drug-likeness (QED) is 0.0169. The van der Waals surface area contributed by atoms with Gasteiger partial charge in [0.15, 0.2) is 12.2 Å². The average Bonchev–Trinajstić information content (AvgIpc) is 0.937. The van der Waals surface area contributed by atoms with E-state index in [4.69, 9.17) is 37.0 Å². The first-order chi connectivity index (χ1) is 48.7. The van der Waals surface area contributed by atoms with Crippen molar-refractivity contribution in [3.63, 3.8) is 0 Å². The summed E-state index contributed by atoms with van der Waals surface area (Å²) in [5.74, 6) is -2.14. The van der Waals surface area contributed by atoms with E-state index in [1.165, 1.54) is 212 Å². The van der Waals surface area contributed by atoms with Crippen LogP contribution in [-0.4, -0.2) is 96.7 Å². The molecule has 100 heavy (non-hydrogen) atoms. The van der Waals surface area contributed by atoms with E-state index >= 15 is 0 Å². The fourth-order valence-electron chi connectivity index (χ4n) is 12.0. The summed E-state index contributed by atoms with van der Waals surface area (Å²) >= 11 is 0. The zero-order valence-electron chi connectivity index (χ0n) is 64.7. The van der Waals surface area contributed by atoms with Gasteiger partial charge in [0, 0.05) is 25.7 Å². The number of hydrogen-bond donors (Lipinski definition) is 3. The SMILES string of the molecule is CCCCCCCC/C=C\CCCCCCCC(=O)OC[C@H](COP(=O)(O)OC[C@H](O)COP(=O)(O)OC[C@@H](COC(=O)CCCCCCCCCCCCCCCCCCC)OC(=O)CCCCCCC/C=C\CCCCCCCC)OC(=O)CCCCCCCCCCCCCCC. The van der Waals surface area contributed by atoms with E-state index in [2.05, 4.69) is 52.0 Å². The van der Waals surface area contributed by atoms with E-state index in [1.54, 1.807) is 0 Å². The maximum atomic E-state index is 13.1. The molecule has 3 N–H and O–H groups in total. The summed E-state index contributed by atoms with van der Waals surface area (Å²) in [5.41, 5.74) is 0. The molecule has 2 unspecified atom stereocenters. The highest BCUT2D eigenvalue weighted by Crippen LogP contribution is 2.45. The molecule has 0 aromatic heterocycles. The number of phosphoric acid groups is 2. The maximum absolute atomic E-state index is 13.1. The van der Waals surface area contributed by atoms with Crippen LogP contribution in [0.1, 0.15) is 413 Å². The lowest BCUT2D eigenvalue weighted by Crippen LogP contribution is -2.30. The molecule has 0 aliphatic rings. The molecule has 0 spiro atoms. The Morgan fingerprint density at radius 2 is 0.460 bits per heavy atom. The van der Waals surface area contributed by atoms with E-state index in [0.717, 1.165) is 122 Å². The van der Waals surface area contributed by atoms with Crippen molar-refractivity contribution in [2.75, 3.05) is 39.6 Å². The molecule has 0 aliphatic carbocycles. The Balaban J connectivity index is 5.29. The number of carbonyl (C=O) groups excluding carboxylic acids is 4. The zero-order chi connectivity index (χ0) is 73.2. The first-order valence-corrected chi connectivity index (χ1v) is 44.6. The summed E-state index contributed by atoms with van der Waals surface area (Å²) in [6, 6.07) is 0. The van der Waals surface area contributed by atoms with Gasteiger partial charge in [-0.1, -0.05) is 335 Å². The maximum Gasteiger partial charge on any atom is 0.472 e. The van der Waals surface area contributed by atoms with Gasteiger partial charge in [0.1, 0.15) is 19.3 Å². The standard InChI is InChI=1S/C81H154O17P2/c1-5-9-13-17-21-25-29-33-36-37-40-43-46-50-54-58-62-66-79(84)92-72-77(98-81(86)68-64-60-56-52-48-44-39-35-31-27-23-19-15-11-7-3)74-96-100(89,90)94-70-75(82)69-93-99(87,88)95-73-76(97-80(85)67-63-59-55-51-47-41-32-28-24-20-16-12-8-4)71-91-78(83)65-61-57-53-49-45-42-38-34-30-26-22-18-14-10-6-2/h34-35,38-39,75-77,82H,5-33,36-37,40-74H2,1-4H3,(H,87,88)(H,89,90)/b38-34-,39-35-/t75-,76+,77+/m0/s1. The first kappa shape index (κ1) is 97.5. The second-order valence-electron chi connectivity index (χ2n) is 28.4. The van der Waals surface area contributed by atoms with Crippen molar-refractivity contribution in [2.45, 2.75) is 431 Å². The molecule has 590 valence electrons. The molecule has 5 atom stereocenters. The third-order valence-corrected chi connectivity index (χ3v) is 20.3. The van der Waals surface area contributed by atoms with E-state index in [9.17, 15) is 43.2 Å². The molecular weight excluding hydrogens is 1310 g/mol. The second-order valence-corrected chi connectivity index (χ2v) is 31.3. The Hall–Kier alpha value is -2.46. The van der Waals surface area contributed by atoms with Gasteiger partial charge in [-0.15, -0.1) is 0 Å². The Morgan fingerprint density at radius 3 is 0.690 bits per heavy atom. The van der Waals surface area contributed by atoms with Gasteiger partial charge >= 0.3 is 39.5 Å². The average molecular weight is 1460 g/mol. The number of esters is 4. The molecule has 0 aromatic rings. The predicted octanol–water partition coefficient (Wildman–Crippen LogP) is 24.1. The number of aliphatic hydroxyl groups is 1. The van der Waals surface area contributed by atoms with Crippen molar-refractivity contribution in [1.29, 1.82) is 0 Å². The molecular formula is C81H154O17P2. The highest BCUT2D eigenvalue weighted by Gasteiger charge is 2.30. The number of aliphatic hydroxyl groups excluding tert-OH is 1.